The van der Waals surface area contributed by atoms with Gasteiger partial charge in [0.25, 0.3) is 0 Å². The van der Waals surface area contributed by atoms with Crippen molar-refractivity contribution in [3.8, 4) is 0 Å². The highest BCUT2D eigenvalue weighted by Crippen LogP contribution is 2.19. The van der Waals surface area contributed by atoms with Crippen molar-refractivity contribution in [3.63, 3.8) is 0 Å². The van der Waals surface area contributed by atoms with Crippen molar-refractivity contribution in [2.24, 2.45) is 0 Å². The van der Waals surface area contributed by atoms with Gasteiger partial charge in [0.15, 0.2) is 0 Å². The van der Waals surface area contributed by atoms with Crippen LogP contribution < -0.4 is 5.32 Å². The lowest BCUT2D eigenvalue weighted by Gasteiger charge is -2.08. The molecule has 0 saturated carbocycles. The van der Waals surface area contributed by atoms with E-state index >= 15 is 0 Å². The van der Waals surface area contributed by atoms with E-state index in [1.165, 1.54) is 11.1 Å². The number of allylic oxidation sites excluding steroid dienone is 1. The average molecular weight is 298 g/mol. The molecule has 94 valence electrons. The second kappa shape index (κ2) is 8.45. The van der Waals surface area contributed by atoms with Crippen molar-refractivity contribution < 1.29 is 4.74 Å². The maximum absolute atomic E-state index is 5.53. The Morgan fingerprint density at radius 2 is 2.24 bits per heavy atom. The summed E-state index contributed by atoms with van der Waals surface area (Å²) in [6.07, 6.45) is 4.00. The number of hydrogen-bond donors (Lipinski definition) is 1. The molecule has 1 N–H and O–H groups in total. The molecule has 2 nitrogen and oxygen atoms in total. The maximum atomic E-state index is 5.53. The molecule has 0 unspecified atom stereocenters. The highest BCUT2D eigenvalue weighted by atomic mass is 79.9. The first-order chi connectivity index (χ1) is 8.27. The van der Waals surface area contributed by atoms with Gasteiger partial charge in [-0.15, -0.1) is 0 Å². The molecule has 17 heavy (non-hydrogen) atoms. The van der Waals surface area contributed by atoms with Gasteiger partial charge in [0.2, 0.25) is 0 Å². The number of hydrogen-bond acceptors (Lipinski definition) is 2. The summed E-state index contributed by atoms with van der Waals surface area (Å²) in [5, 5.41) is 3.31. The van der Waals surface area contributed by atoms with Crippen molar-refractivity contribution in [2.45, 2.75) is 27.0 Å². The van der Waals surface area contributed by atoms with Crippen LogP contribution in [0, 0.1) is 0 Å². The Morgan fingerprint density at radius 1 is 1.41 bits per heavy atom. The van der Waals surface area contributed by atoms with Gasteiger partial charge in [0.1, 0.15) is 0 Å². The predicted octanol–water partition coefficient (Wildman–Crippen LogP) is 3.65. The Bertz CT molecular complexity index is 363. The van der Waals surface area contributed by atoms with E-state index in [2.05, 4.69) is 46.4 Å². The molecule has 0 saturated heterocycles. The standard InChI is InChI=1S/C14H20BrNO/c1-3-5-8-17-11-13-7-6-12(9-14(13)15)10-16-4-2/h3,5-7,9,16H,4,8,10-11H2,1-2H3/b5-3+. The predicted molar refractivity (Wildman–Crippen MR) is 76.0 cm³/mol. The maximum Gasteiger partial charge on any atom is 0.0732 e. The summed E-state index contributed by atoms with van der Waals surface area (Å²) in [4.78, 5) is 0. The van der Waals surface area contributed by atoms with Crippen LogP contribution in [0.25, 0.3) is 0 Å². The van der Waals surface area contributed by atoms with Crippen LogP contribution in [0.1, 0.15) is 25.0 Å². The third-order valence-electron chi connectivity index (χ3n) is 2.40. The SMILES string of the molecule is C/C=C/COCc1ccc(CNCC)cc1Br. The monoisotopic (exact) mass is 297 g/mol. The molecular formula is C14H20BrNO. The molecular weight excluding hydrogens is 278 g/mol. The van der Waals surface area contributed by atoms with Gasteiger partial charge in [-0.05, 0) is 30.7 Å². The molecule has 0 atom stereocenters. The molecule has 0 radical (unpaired) electrons. The van der Waals surface area contributed by atoms with Crippen molar-refractivity contribution in [2.75, 3.05) is 13.2 Å². The summed E-state index contributed by atoms with van der Waals surface area (Å²) in [7, 11) is 0. The second-order valence-electron chi connectivity index (χ2n) is 3.79. The normalized spacial score (nSPS) is 11.2. The Labute approximate surface area is 112 Å². The molecule has 0 fully saturated rings. The van der Waals surface area contributed by atoms with Crippen molar-refractivity contribution >= 4 is 15.9 Å². The molecule has 0 aliphatic heterocycles. The summed E-state index contributed by atoms with van der Waals surface area (Å²) >= 11 is 3.58. The largest absolute Gasteiger partial charge is 0.373 e. The van der Waals surface area contributed by atoms with Gasteiger partial charge in [-0.25, -0.2) is 0 Å². The highest BCUT2D eigenvalue weighted by Gasteiger charge is 2.01. The van der Waals surface area contributed by atoms with Gasteiger partial charge in [-0.3, -0.25) is 0 Å². The molecule has 0 aliphatic carbocycles. The molecule has 0 heterocycles. The minimum absolute atomic E-state index is 0.645. The summed E-state index contributed by atoms with van der Waals surface area (Å²) in [5.74, 6) is 0. The number of ether oxygens (including phenoxy) is 1. The first kappa shape index (κ1) is 14.4. The van der Waals surface area contributed by atoms with E-state index in [1.54, 1.807) is 0 Å². The molecule has 1 rings (SSSR count). The fourth-order valence-corrected chi connectivity index (χ4v) is 1.96. The third-order valence-corrected chi connectivity index (χ3v) is 3.14. The molecule has 0 spiro atoms. The fourth-order valence-electron chi connectivity index (χ4n) is 1.42. The number of rotatable bonds is 7. The zero-order valence-electron chi connectivity index (χ0n) is 10.5. The molecule has 1 aromatic carbocycles. The Morgan fingerprint density at radius 3 is 2.88 bits per heavy atom. The Kier molecular flexibility index (Phi) is 7.17. The van der Waals surface area contributed by atoms with Gasteiger partial charge in [-0.1, -0.05) is 47.1 Å². The zero-order chi connectivity index (χ0) is 12.5. The first-order valence-electron chi connectivity index (χ1n) is 5.94. The summed E-state index contributed by atoms with van der Waals surface area (Å²) in [6.45, 7) is 7.32. The van der Waals surface area contributed by atoms with Gasteiger partial charge < -0.3 is 10.1 Å². The lowest BCUT2D eigenvalue weighted by molar-refractivity contribution is 0.148. The summed E-state index contributed by atoms with van der Waals surface area (Å²) in [6, 6.07) is 6.41. The molecule has 3 heteroatoms. The Balaban J connectivity index is 2.50. The topological polar surface area (TPSA) is 21.3 Å². The summed E-state index contributed by atoms with van der Waals surface area (Å²) < 4.78 is 6.65. The number of nitrogens with one attached hydrogen (secondary N) is 1. The van der Waals surface area contributed by atoms with Crippen LogP contribution in [0.5, 0.6) is 0 Å². The van der Waals surface area contributed by atoms with Crippen molar-refractivity contribution in [1.82, 2.24) is 5.32 Å². The molecule has 1 aromatic rings. The van der Waals surface area contributed by atoms with Gasteiger partial charge in [0.05, 0.1) is 13.2 Å². The zero-order valence-corrected chi connectivity index (χ0v) is 12.1. The van der Waals surface area contributed by atoms with Crippen LogP contribution in [-0.2, 0) is 17.9 Å². The van der Waals surface area contributed by atoms with Crippen LogP contribution >= 0.6 is 15.9 Å². The van der Waals surface area contributed by atoms with Crippen molar-refractivity contribution in [1.29, 1.82) is 0 Å². The van der Waals surface area contributed by atoms with Crippen molar-refractivity contribution in [3.05, 3.63) is 46.0 Å². The third kappa shape index (κ3) is 5.48. The van der Waals surface area contributed by atoms with E-state index in [0.29, 0.717) is 13.2 Å². The van der Waals surface area contributed by atoms with Gasteiger partial charge in [-0.2, -0.15) is 0 Å². The van der Waals surface area contributed by atoms with Crippen LogP contribution in [0.15, 0.2) is 34.8 Å². The summed E-state index contributed by atoms with van der Waals surface area (Å²) in [5.41, 5.74) is 2.48. The number of halogens is 1. The fraction of sp³-hybridized carbons (Fsp3) is 0.429. The first-order valence-corrected chi connectivity index (χ1v) is 6.74. The molecule has 0 bridgehead atoms. The van der Waals surface area contributed by atoms with E-state index < -0.39 is 0 Å². The van der Waals surface area contributed by atoms with E-state index in [9.17, 15) is 0 Å². The van der Waals surface area contributed by atoms with E-state index in [0.717, 1.165) is 17.6 Å². The molecule has 0 aliphatic rings. The van der Waals surface area contributed by atoms with Crippen LogP contribution in [0.2, 0.25) is 0 Å². The molecule has 0 aromatic heterocycles. The van der Waals surface area contributed by atoms with Gasteiger partial charge >= 0.3 is 0 Å². The number of benzene rings is 1. The Hall–Kier alpha value is -0.640. The quantitative estimate of drug-likeness (QED) is 0.613. The lowest BCUT2D eigenvalue weighted by Crippen LogP contribution is -2.11. The lowest BCUT2D eigenvalue weighted by atomic mass is 10.1. The van der Waals surface area contributed by atoms with Crippen LogP contribution in [0.4, 0.5) is 0 Å². The van der Waals surface area contributed by atoms with E-state index in [-0.39, 0.29) is 0 Å². The minimum atomic E-state index is 0.645. The van der Waals surface area contributed by atoms with Crippen LogP contribution in [0.3, 0.4) is 0 Å². The van der Waals surface area contributed by atoms with E-state index in [4.69, 9.17) is 4.74 Å². The van der Waals surface area contributed by atoms with E-state index in [1.807, 2.05) is 19.1 Å². The van der Waals surface area contributed by atoms with Gasteiger partial charge in [0, 0.05) is 11.0 Å². The highest BCUT2D eigenvalue weighted by molar-refractivity contribution is 9.10. The van der Waals surface area contributed by atoms with Crippen LogP contribution in [-0.4, -0.2) is 13.2 Å². The second-order valence-corrected chi connectivity index (χ2v) is 4.64. The minimum Gasteiger partial charge on any atom is -0.373 e. The smallest absolute Gasteiger partial charge is 0.0732 e. The average Bonchev–Trinajstić information content (AvgIpc) is 2.34. The molecule has 0 amide bonds.